The van der Waals surface area contributed by atoms with Gasteiger partial charge in [0, 0.05) is 5.56 Å². The van der Waals surface area contributed by atoms with Crippen LogP contribution in [0.5, 0.6) is 5.75 Å². The summed E-state index contributed by atoms with van der Waals surface area (Å²) < 4.78 is 40.5. The molecular formula is C13H13F3N2OS. The number of anilines is 1. The van der Waals surface area contributed by atoms with Gasteiger partial charge < -0.3 is 10.5 Å². The van der Waals surface area contributed by atoms with Crippen LogP contribution in [0.1, 0.15) is 18.4 Å². The van der Waals surface area contributed by atoms with E-state index in [9.17, 15) is 13.2 Å². The lowest BCUT2D eigenvalue weighted by Crippen LogP contribution is -2.17. The van der Waals surface area contributed by atoms with Crippen LogP contribution in [0.25, 0.3) is 11.3 Å². The Hall–Kier alpha value is -1.76. The molecule has 2 rings (SSSR count). The largest absolute Gasteiger partial charge is 0.573 e. The third-order valence-electron chi connectivity index (χ3n) is 2.50. The monoisotopic (exact) mass is 302 g/mol. The van der Waals surface area contributed by atoms with Gasteiger partial charge in [0.15, 0.2) is 0 Å². The van der Waals surface area contributed by atoms with Gasteiger partial charge in [-0.25, -0.2) is 4.98 Å². The van der Waals surface area contributed by atoms with Crippen molar-refractivity contribution in [1.82, 2.24) is 4.98 Å². The predicted molar refractivity (Wildman–Crippen MR) is 72.6 cm³/mol. The second-order valence-corrected chi connectivity index (χ2v) is 5.26. The highest BCUT2D eigenvalue weighted by Crippen LogP contribution is 2.33. The number of alkyl halides is 3. The van der Waals surface area contributed by atoms with Gasteiger partial charge in [0.25, 0.3) is 0 Å². The van der Waals surface area contributed by atoms with E-state index in [1.807, 2.05) is 6.92 Å². The van der Waals surface area contributed by atoms with Gasteiger partial charge in [-0.3, -0.25) is 0 Å². The van der Waals surface area contributed by atoms with E-state index in [1.54, 1.807) is 6.07 Å². The molecule has 0 bridgehead atoms. The van der Waals surface area contributed by atoms with Crippen molar-refractivity contribution < 1.29 is 17.9 Å². The summed E-state index contributed by atoms with van der Waals surface area (Å²) in [5, 5.41) is 1.37. The van der Waals surface area contributed by atoms with Crippen LogP contribution in [0, 0.1) is 0 Å². The molecule has 0 amide bonds. The maximum absolute atomic E-state index is 12.2. The maximum atomic E-state index is 12.2. The molecule has 2 N–H and O–H groups in total. The van der Waals surface area contributed by atoms with Crippen LogP contribution in [0.15, 0.2) is 24.3 Å². The zero-order valence-corrected chi connectivity index (χ0v) is 11.5. The molecule has 0 saturated heterocycles. The summed E-state index contributed by atoms with van der Waals surface area (Å²) in [4.78, 5) is 4.36. The molecule has 0 radical (unpaired) electrons. The Morgan fingerprint density at radius 2 is 2.10 bits per heavy atom. The summed E-state index contributed by atoms with van der Waals surface area (Å²) in [6.07, 6.45) is -2.98. The minimum Gasteiger partial charge on any atom is -0.406 e. The van der Waals surface area contributed by atoms with Crippen molar-refractivity contribution >= 4 is 16.3 Å². The lowest BCUT2D eigenvalue weighted by Gasteiger charge is -2.09. The van der Waals surface area contributed by atoms with Gasteiger partial charge in [0.05, 0.1) is 5.01 Å². The average molecular weight is 302 g/mol. The lowest BCUT2D eigenvalue weighted by atomic mass is 10.1. The van der Waals surface area contributed by atoms with Crippen LogP contribution < -0.4 is 10.5 Å². The Morgan fingerprint density at radius 1 is 1.35 bits per heavy atom. The van der Waals surface area contributed by atoms with Crippen LogP contribution in [0.4, 0.5) is 18.2 Å². The molecule has 1 aromatic heterocycles. The highest BCUT2D eigenvalue weighted by atomic mass is 32.1. The van der Waals surface area contributed by atoms with Gasteiger partial charge in [-0.05, 0) is 25.0 Å². The van der Waals surface area contributed by atoms with Crippen molar-refractivity contribution in [1.29, 1.82) is 0 Å². The van der Waals surface area contributed by atoms with Crippen LogP contribution >= 0.6 is 11.3 Å². The lowest BCUT2D eigenvalue weighted by molar-refractivity contribution is -0.274. The van der Waals surface area contributed by atoms with Crippen molar-refractivity contribution in [2.45, 2.75) is 26.1 Å². The van der Waals surface area contributed by atoms with Gasteiger partial charge in [-0.1, -0.05) is 19.1 Å². The van der Waals surface area contributed by atoms with Gasteiger partial charge in [-0.15, -0.1) is 24.5 Å². The summed E-state index contributed by atoms with van der Waals surface area (Å²) in [6.45, 7) is 2.02. The molecule has 0 aliphatic heterocycles. The van der Waals surface area contributed by atoms with E-state index in [-0.39, 0.29) is 5.75 Å². The first-order chi connectivity index (χ1) is 9.39. The second-order valence-electron chi connectivity index (χ2n) is 4.15. The van der Waals surface area contributed by atoms with Crippen molar-refractivity contribution in [3.63, 3.8) is 0 Å². The Morgan fingerprint density at radius 3 is 2.75 bits per heavy atom. The summed E-state index contributed by atoms with van der Waals surface area (Å²) >= 11 is 1.36. The fourth-order valence-electron chi connectivity index (χ4n) is 1.75. The topological polar surface area (TPSA) is 48.1 Å². The molecule has 3 nitrogen and oxygen atoms in total. The van der Waals surface area contributed by atoms with Gasteiger partial charge in [0.1, 0.15) is 16.4 Å². The van der Waals surface area contributed by atoms with E-state index in [0.717, 1.165) is 17.8 Å². The first-order valence-corrected chi connectivity index (χ1v) is 6.82. The van der Waals surface area contributed by atoms with Crippen molar-refractivity contribution in [2.75, 3.05) is 5.73 Å². The molecule has 0 fully saturated rings. The van der Waals surface area contributed by atoms with Gasteiger partial charge in [-0.2, -0.15) is 0 Å². The molecule has 20 heavy (non-hydrogen) atoms. The number of nitrogens with zero attached hydrogens (tertiary/aromatic N) is 1. The van der Waals surface area contributed by atoms with Gasteiger partial charge >= 0.3 is 6.36 Å². The molecule has 0 aliphatic rings. The number of nitrogen functional groups attached to an aromatic ring is 1. The molecule has 0 atom stereocenters. The minimum absolute atomic E-state index is 0.278. The summed E-state index contributed by atoms with van der Waals surface area (Å²) in [5.41, 5.74) is 6.90. The number of aryl methyl sites for hydroxylation is 1. The number of benzene rings is 1. The molecule has 1 heterocycles. The molecule has 108 valence electrons. The van der Waals surface area contributed by atoms with E-state index in [4.69, 9.17) is 5.73 Å². The molecular weight excluding hydrogens is 289 g/mol. The van der Waals surface area contributed by atoms with E-state index in [0.29, 0.717) is 16.3 Å². The molecule has 7 heteroatoms. The van der Waals surface area contributed by atoms with Crippen molar-refractivity contribution in [2.24, 2.45) is 0 Å². The van der Waals surface area contributed by atoms with Crippen LogP contribution in [0.3, 0.4) is 0 Å². The predicted octanol–water partition coefficient (Wildman–Crippen LogP) is 4.24. The zero-order valence-electron chi connectivity index (χ0n) is 10.7. The molecule has 1 aromatic carbocycles. The third-order valence-corrected chi connectivity index (χ3v) is 3.45. The number of ether oxygens (including phenoxy) is 1. The zero-order chi connectivity index (χ0) is 14.8. The Balaban J connectivity index is 2.31. The molecule has 0 saturated carbocycles. The number of nitrogens with two attached hydrogens (primary N) is 1. The van der Waals surface area contributed by atoms with Crippen molar-refractivity contribution in [3.05, 3.63) is 29.3 Å². The SMILES string of the molecule is CCCc1nc(-c2cccc(OC(F)(F)F)c2)c(N)s1. The Labute approximate surface area is 118 Å². The van der Waals surface area contributed by atoms with E-state index >= 15 is 0 Å². The molecule has 0 spiro atoms. The normalized spacial score (nSPS) is 11.6. The quantitative estimate of drug-likeness (QED) is 0.918. The molecule has 2 aromatic rings. The number of halogens is 3. The van der Waals surface area contributed by atoms with Crippen LogP contribution in [0.2, 0.25) is 0 Å². The standard InChI is InChI=1S/C13H13F3N2OS/c1-2-4-10-18-11(12(17)20-10)8-5-3-6-9(7-8)19-13(14,15)16/h3,5-7H,2,4,17H2,1H3. The van der Waals surface area contributed by atoms with Gasteiger partial charge in [0.2, 0.25) is 0 Å². The minimum atomic E-state index is -4.71. The second kappa shape index (κ2) is 5.70. The third kappa shape index (κ3) is 3.63. The summed E-state index contributed by atoms with van der Waals surface area (Å²) in [7, 11) is 0. The summed E-state index contributed by atoms with van der Waals surface area (Å²) in [6, 6.07) is 5.67. The first kappa shape index (κ1) is 14.6. The number of rotatable bonds is 4. The summed E-state index contributed by atoms with van der Waals surface area (Å²) in [5.74, 6) is -0.278. The number of thiazole rings is 1. The Kier molecular flexibility index (Phi) is 4.17. The highest BCUT2D eigenvalue weighted by molar-refractivity contribution is 7.16. The number of hydrogen-bond acceptors (Lipinski definition) is 4. The Bertz CT molecular complexity index is 596. The van der Waals surface area contributed by atoms with E-state index in [2.05, 4.69) is 9.72 Å². The van der Waals surface area contributed by atoms with Crippen LogP contribution in [-0.4, -0.2) is 11.3 Å². The fourth-order valence-corrected chi connectivity index (χ4v) is 2.70. The van der Waals surface area contributed by atoms with E-state index < -0.39 is 6.36 Å². The van der Waals surface area contributed by atoms with Crippen LogP contribution in [-0.2, 0) is 6.42 Å². The fraction of sp³-hybridized carbons (Fsp3) is 0.308. The maximum Gasteiger partial charge on any atom is 0.573 e. The van der Waals surface area contributed by atoms with Crippen molar-refractivity contribution in [3.8, 4) is 17.0 Å². The number of aromatic nitrogens is 1. The average Bonchev–Trinajstić information content (AvgIpc) is 2.69. The molecule has 0 unspecified atom stereocenters. The highest BCUT2D eigenvalue weighted by Gasteiger charge is 2.31. The van der Waals surface area contributed by atoms with E-state index in [1.165, 1.54) is 29.5 Å². The first-order valence-electron chi connectivity index (χ1n) is 6.00. The molecule has 0 aliphatic carbocycles. The number of hydrogen-bond donors (Lipinski definition) is 1. The smallest absolute Gasteiger partial charge is 0.406 e.